The average molecular weight is 380 g/mol. The Balaban J connectivity index is 2.82. The van der Waals surface area contributed by atoms with Crippen molar-refractivity contribution in [3.63, 3.8) is 0 Å². The summed E-state index contributed by atoms with van der Waals surface area (Å²) in [5, 5.41) is 1.13. The Morgan fingerprint density at radius 2 is 1.93 bits per heavy atom. The van der Waals surface area contributed by atoms with Crippen LogP contribution in [-0.4, -0.2) is 4.98 Å². The quantitative estimate of drug-likeness (QED) is 0.649. The van der Waals surface area contributed by atoms with Crippen molar-refractivity contribution in [3.05, 3.63) is 40.5 Å². The van der Waals surface area contributed by atoms with Crippen molar-refractivity contribution >= 4 is 58.7 Å². The maximum absolute atomic E-state index is 4.37. The van der Waals surface area contributed by atoms with E-state index in [-0.39, 0.29) is 3.74 Å². The molecule has 0 spiro atoms. The molecule has 1 nitrogen and oxygen atoms in total. The highest BCUT2D eigenvalue weighted by molar-refractivity contribution is 9.24. The molecule has 2 aromatic rings. The topological polar surface area (TPSA) is 12.9 Å². The Labute approximate surface area is 107 Å². The van der Waals surface area contributed by atoms with Crippen LogP contribution >= 0.6 is 47.8 Å². The van der Waals surface area contributed by atoms with Crippen LogP contribution in [0.2, 0.25) is 0 Å². The lowest BCUT2D eigenvalue weighted by molar-refractivity contribution is 1.34. The zero-order valence-corrected chi connectivity index (χ0v) is 11.8. The molecule has 0 aliphatic carbocycles. The van der Waals surface area contributed by atoms with Crippen molar-refractivity contribution in [3.8, 4) is 0 Å². The molecule has 72 valence electrons. The Morgan fingerprint density at radius 3 is 2.64 bits per heavy atom. The van der Waals surface area contributed by atoms with Crippen LogP contribution in [0.15, 0.2) is 34.9 Å². The summed E-state index contributed by atoms with van der Waals surface area (Å²) in [6, 6.07) is 8.08. The minimum Gasteiger partial charge on any atom is -0.256 e. The highest BCUT2D eigenvalue weighted by Gasteiger charge is 2.09. The van der Waals surface area contributed by atoms with E-state index in [1.54, 1.807) is 6.20 Å². The Morgan fingerprint density at radius 1 is 1.14 bits per heavy atom. The molecule has 0 unspecified atom stereocenters. The SMILES string of the molecule is Brc1ccc(C(Br)Br)c2ncccc12. The maximum atomic E-state index is 4.37. The van der Waals surface area contributed by atoms with E-state index in [9.17, 15) is 0 Å². The van der Waals surface area contributed by atoms with Gasteiger partial charge in [0.25, 0.3) is 0 Å². The van der Waals surface area contributed by atoms with Crippen LogP contribution in [0.4, 0.5) is 0 Å². The Bertz CT molecular complexity index is 468. The second-order valence-corrected chi connectivity index (χ2v) is 6.75. The van der Waals surface area contributed by atoms with Gasteiger partial charge in [-0.25, -0.2) is 0 Å². The number of pyridine rings is 1. The molecule has 0 amide bonds. The summed E-state index contributed by atoms with van der Waals surface area (Å²) in [6.45, 7) is 0. The van der Waals surface area contributed by atoms with Crippen LogP contribution in [0.5, 0.6) is 0 Å². The van der Waals surface area contributed by atoms with Crippen molar-refractivity contribution < 1.29 is 0 Å². The van der Waals surface area contributed by atoms with Gasteiger partial charge in [-0.2, -0.15) is 0 Å². The van der Waals surface area contributed by atoms with Gasteiger partial charge in [0.05, 0.1) is 9.25 Å². The number of aromatic nitrogens is 1. The molecule has 0 aliphatic heterocycles. The van der Waals surface area contributed by atoms with E-state index in [0.717, 1.165) is 20.9 Å². The number of benzene rings is 1. The van der Waals surface area contributed by atoms with E-state index >= 15 is 0 Å². The van der Waals surface area contributed by atoms with Gasteiger partial charge in [0.15, 0.2) is 0 Å². The van der Waals surface area contributed by atoms with Crippen LogP contribution in [0.3, 0.4) is 0 Å². The molecule has 0 radical (unpaired) electrons. The first-order chi connectivity index (χ1) is 6.70. The third-order valence-electron chi connectivity index (χ3n) is 1.98. The van der Waals surface area contributed by atoms with Crippen molar-refractivity contribution in [2.24, 2.45) is 0 Å². The maximum Gasteiger partial charge on any atom is 0.0967 e. The number of nitrogens with zero attached hydrogens (tertiary/aromatic N) is 1. The molecule has 2 rings (SSSR count). The van der Waals surface area contributed by atoms with E-state index < -0.39 is 0 Å². The molecule has 0 saturated heterocycles. The predicted molar refractivity (Wildman–Crippen MR) is 70.0 cm³/mol. The molecule has 0 saturated carbocycles. The summed E-state index contributed by atoms with van der Waals surface area (Å²) in [7, 11) is 0. The normalized spacial score (nSPS) is 11.1. The molecule has 4 heteroatoms. The van der Waals surface area contributed by atoms with E-state index in [4.69, 9.17) is 0 Å². The lowest BCUT2D eigenvalue weighted by atomic mass is 10.1. The van der Waals surface area contributed by atoms with Crippen molar-refractivity contribution in [1.29, 1.82) is 0 Å². The van der Waals surface area contributed by atoms with Gasteiger partial charge >= 0.3 is 0 Å². The van der Waals surface area contributed by atoms with Crippen molar-refractivity contribution in [1.82, 2.24) is 4.98 Å². The molecule has 1 heterocycles. The van der Waals surface area contributed by atoms with Crippen molar-refractivity contribution in [2.45, 2.75) is 3.74 Å². The minimum atomic E-state index is 0.139. The molecular weight excluding hydrogens is 374 g/mol. The van der Waals surface area contributed by atoms with E-state index in [2.05, 4.69) is 58.8 Å². The van der Waals surface area contributed by atoms with Crippen molar-refractivity contribution in [2.75, 3.05) is 0 Å². The molecule has 14 heavy (non-hydrogen) atoms. The smallest absolute Gasteiger partial charge is 0.0967 e. The van der Waals surface area contributed by atoms with E-state index in [1.165, 1.54) is 0 Å². The van der Waals surface area contributed by atoms with Crippen LogP contribution in [0.25, 0.3) is 10.9 Å². The van der Waals surface area contributed by atoms with Gasteiger partial charge < -0.3 is 0 Å². The highest BCUT2D eigenvalue weighted by Crippen LogP contribution is 2.35. The van der Waals surface area contributed by atoms with E-state index in [1.807, 2.05) is 18.2 Å². The Kier molecular flexibility index (Phi) is 3.24. The van der Waals surface area contributed by atoms with E-state index in [0.29, 0.717) is 0 Å². The summed E-state index contributed by atoms with van der Waals surface area (Å²) >= 11 is 10.5. The fourth-order valence-electron chi connectivity index (χ4n) is 1.34. The molecule has 0 aliphatic rings. The highest BCUT2D eigenvalue weighted by atomic mass is 79.9. The van der Waals surface area contributed by atoms with Gasteiger partial charge in [-0.05, 0) is 12.1 Å². The molecular formula is C10H6Br3N. The third kappa shape index (κ3) is 1.88. The van der Waals surface area contributed by atoms with Gasteiger partial charge in [-0.3, -0.25) is 4.98 Å². The third-order valence-corrected chi connectivity index (χ3v) is 3.66. The standard InChI is InChI=1S/C10H6Br3N/c11-8-4-3-7(10(12)13)9-6(8)2-1-5-14-9/h1-5,10H. The Hall–Kier alpha value is 0.0700. The molecule has 1 aromatic carbocycles. The summed E-state index contributed by atoms with van der Waals surface area (Å²) in [5.41, 5.74) is 2.16. The predicted octanol–water partition coefficient (Wildman–Crippen LogP) is 4.79. The number of halogens is 3. The second-order valence-electron chi connectivity index (χ2n) is 2.84. The summed E-state index contributed by atoms with van der Waals surface area (Å²) < 4.78 is 1.21. The molecule has 0 atom stereocenters. The number of fused-ring (bicyclic) bond motifs is 1. The first kappa shape index (κ1) is 10.6. The monoisotopic (exact) mass is 377 g/mol. The van der Waals surface area contributed by atoms with Crippen LogP contribution in [-0.2, 0) is 0 Å². The minimum absolute atomic E-state index is 0.139. The first-order valence-electron chi connectivity index (χ1n) is 4.01. The lowest BCUT2D eigenvalue weighted by Gasteiger charge is -2.07. The van der Waals surface area contributed by atoms with Crippen LogP contribution < -0.4 is 0 Å². The zero-order valence-electron chi connectivity index (χ0n) is 7.05. The fourth-order valence-corrected chi connectivity index (χ4v) is 2.53. The first-order valence-corrected chi connectivity index (χ1v) is 6.64. The fraction of sp³-hybridized carbons (Fsp3) is 0.100. The number of alkyl halides is 2. The molecule has 0 N–H and O–H groups in total. The van der Waals surface area contributed by atoms with Gasteiger partial charge in [0.1, 0.15) is 0 Å². The van der Waals surface area contributed by atoms with Crippen LogP contribution in [0, 0.1) is 0 Å². The lowest BCUT2D eigenvalue weighted by Crippen LogP contribution is -1.87. The zero-order chi connectivity index (χ0) is 10.1. The average Bonchev–Trinajstić information content (AvgIpc) is 2.18. The molecule has 1 aromatic heterocycles. The summed E-state index contributed by atoms with van der Waals surface area (Å²) in [4.78, 5) is 4.37. The summed E-state index contributed by atoms with van der Waals surface area (Å²) in [6.07, 6.45) is 1.81. The number of rotatable bonds is 1. The molecule has 0 bridgehead atoms. The number of hydrogen-bond donors (Lipinski definition) is 0. The van der Waals surface area contributed by atoms with Gasteiger partial charge in [0.2, 0.25) is 0 Å². The number of hydrogen-bond acceptors (Lipinski definition) is 1. The largest absolute Gasteiger partial charge is 0.256 e. The van der Waals surface area contributed by atoms with Crippen LogP contribution in [0.1, 0.15) is 9.30 Å². The van der Waals surface area contributed by atoms with Gasteiger partial charge in [-0.15, -0.1) is 0 Å². The second kappa shape index (κ2) is 4.29. The van der Waals surface area contributed by atoms with Gasteiger partial charge in [0, 0.05) is 21.6 Å². The van der Waals surface area contributed by atoms with Gasteiger partial charge in [-0.1, -0.05) is 59.9 Å². The molecule has 0 fully saturated rings. The summed E-state index contributed by atoms with van der Waals surface area (Å²) in [5.74, 6) is 0.